The molecule has 0 saturated carbocycles. The predicted octanol–water partition coefficient (Wildman–Crippen LogP) is 0.234. The molecule has 0 bridgehead atoms. The highest BCUT2D eigenvalue weighted by atomic mass is 32.2. The lowest BCUT2D eigenvalue weighted by molar-refractivity contribution is -0.113. The van der Waals surface area contributed by atoms with Crippen molar-refractivity contribution in [2.24, 2.45) is 5.73 Å². The molecule has 0 aliphatic heterocycles. The van der Waals surface area contributed by atoms with Gasteiger partial charge < -0.3 is 11.1 Å². The van der Waals surface area contributed by atoms with Gasteiger partial charge in [0.2, 0.25) is 11.1 Å². The molecule has 9 heteroatoms. The van der Waals surface area contributed by atoms with Crippen LogP contribution in [-0.4, -0.2) is 38.4 Å². The van der Waals surface area contributed by atoms with Gasteiger partial charge in [0, 0.05) is 6.54 Å². The van der Waals surface area contributed by atoms with Crippen LogP contribution in [0.15, 0.2) is 29.4 Å². The number of amides is 1. The fourth-order valence-corrected chi connectivity index (χ4v) is 2.27. The third-order valence-electron chi connectivity index (χ3n) is 2.49. The number of para-hydroxylation sites is 1. The number of hydrogen-bond acceptors (Lipinski definition) is 7. The van der Waals surface area contributed by atoms with Crippen LogP contribution in [0.3, 0.4) is 0 Å². The zero-order chi connectivity index (χ0) is 15.1. The van der Waals surface area contributed by atoms with E-state index in [1.54, 1.807) is 28.9 Å². The van der Waals surface area contributed by atoms with E-state index in [4.69, 9.17) is 11.0 Å². The maximum Gasteiger partial charge on any atom is 0.234 e. The molecule has 108 valence electrons. The summed E-state index contributed by atoms with van der Waals surface area (Å²) in [6, 6.07) is 8.84. The van der Waals surface area contributed by atoms with Gasteiger partial charge in [-0.1, -0.05) is 23.9 Å². The highest BCUT2D eigenvalue weighted by Gasteiger charge is 2.11. The number of carbonyl (C=O) groups is 1. The topological polar surface area (TPSA) is 123 Å². The van der Waals surface area contributed by atoms with Crippen LogP contribution in [0.4, 0.5) is 5.69 Å². The summed E-state index contributed by atoms with van der Waals surface area (Å²) in [5, 5.41) is 23.3. The Balaban J connectivity index is 1.93. The number of tetrazole rings is 1. The van der Waals surface area contributed by atoms with Crippen LogP contribution in [0.1, 0.15) is 5.56 Å². The van der Waals surface area contributed by atoms with Gasteiger partial charge in [-0.15, -0.1) is 5.10 Å². The molecule has 3 N–H and O–H groups in total. The van der Waals surface area contributed by atoms with E-state index in [0.717, 1.165) is 0 Å². The van der Waals surface area contributed by atoms with Gasteiger partial charge in [-0.05, 0) is 22.6 Å². The van der Waals surface area contributed by atoms with Crippen molar-refractivity contribution in [2.45, 2.75) is 11.7 Å². The molecule has 2 rings (SSSR count). The molecule has 1 aromatic carbocycles. The van der Waals surface area contributed by atoms with Crippen LogP contribution in [0, 0.1) is 11.3 Å². The maximum absolute atomic E-state index is 11.9. The number of nitrogens with two attached hydrogens (primary N) is 1. The number of anilines is 1. The summed E-state index contributed by atoms with van der Waals surface area (Å²) >= 11 is 1.21. The first kappa shape index (κ1) is 15.0. The number of benzene rings is 1. The van der Waals surface area contributed by atoms with Crippen molar-refractivity contribution < 1.29 is 4.79 Å². The Morgan fingerprint density at radius 3 is 3.05 bits per heavy atom. The summed E-state index contributed by atoms with van der Waals surface area (Å²) < 4.78 is 1.54. The molecular formula is C12H13N7OS. The van der Waals surface area contributed by atoms with Crippen molar-refractivity contribution in [2.75, 3.05) is 17.6 Å². The summed E-state index contributed by atoms with van der Waals surface area (Å²) in [5.74, 6) is -0.0879. The Bertz CT molecular complexity index is 664. The lowest BCUT2D eigenvalue weighted by atomic mass is 10.2. The van der Waals surface area contributed by atoms with E-state index in [1.807, 2.05) is 6.07 Å². The Morgan fingerprint density at radius 1 is 1.48 bits per heavy atom. The minimum Gasteiger partial charge on any atom is -0.329 e. The molecule has 1 aromatic heterocycles. The molecule has 0 radical (unpaired) electrons. The standard InChI is InChI=1S/C12H13N7OS/c13-5-6-19-12(16-17-18-19)21-8-11(20)15-10-4-2-1-3-9(10)7-14/h1-4H,5-6,8,13H2,(H,15,20). The number of aromatic nitrogens is 4. The molecule has 0 aliphatic carbocycles. The van der Waals surface area contributed by atoms with Gasteiger partial charge in [-0.3, -0.25) is 4.79 Å². The van der Waals surface area contributed by atoms with Gasteiger partial charge in [0.05, 0.1) is 23.5 Å². The minimum absolute atomic E-state index is 0.144. The SMILES string of the molecule is N#Cc1ccccc1NC(=O)CSc1nnnn1CCN. The van der Waals surface area contributed by atoms with Gasteiger partial charge in [-0.25, -0.2) is 4.68 Å². The average Bonchev–Trinajstić information content (AvgIpc) is 2.93. The van der Waals surface area contributed by atoms with Crippen molar-refractivity contribution in [1.82, 2.24) is 20.2 Å². The van der Waals surface area contributed by atoms with Crippen molar-refractivity contribution in [3.8, 4) is 6.07 Å². The molecular weight excluding hydrogens is 290 g/mol. The first-order valence-electron chi connectivity index (χ1n) is 6.12. The number of carbonyl (C=O) groups excluding carboxylic acids is 1. The lowest BCUT2D eigenvalue weighted by Gasteiger charge is -2.06. The van der Waals surface area contributed by atoms with Gasteiger partial charge in [0.1, 0.15) is 6.07 Å². The van der Waals surface area contributed by atoms with Gasteiger partial charge in [0.25, 0.3) is 0 Å². The Morgan fingerprint density at radius 2 is 2.29 bits per heavy atom. The second kappa shape index (κ2) is 7.37. The van der Waals surface area contributed by atoms with Crippen LogP contribution in [0.2, 0.25) is 0 Å². The average molecular weight is 303 g/mol. The smallest absolute Gasteiger partial charge is 0.234 e. The van der Waals surface area contributed by atoms with Gasteiger partial charge >= 0.3 is 0 Å². The predicted molar refractivity (Wildman–Crippen MR) is 77.4 cm³/mol. The second-order valence-electron chi connectivity index (χ2n) is 3.97. The Labute approximate surface area is 125 Å². The van der Waals surface area contributed by atoms with Gasteiger partial charge in [0.15, 0.2) is 0 Å². The number of nitriles is 1. The van der Waals surface area contributed by atoms with Crippen molar-refractivity contribution >= 4 is 23.4 Å². The summed E-state index contributed by atoms with van der Waals surface area (Å²) in [7, 11) is 0. The van der Waals surface area contributed by atoms with Crippen LogP contribution in [0.25, 0.3) is 0 Å². The largest absolute Gasteiger partial charge is 0.329 e. The first-order chi connectivity index (χ1) is 10.2. The van der Waals surface area contributed by atoms with E-state index in [-0.39, 0.29) is 11.7 Å². The molecule has 8 nitrogen and oxygen atoms in total. The third kappa shape index (κ3) is 4.01. The molecule has 1 heterocycles. The van der Waals surface area contributed by atoms with E-state index in [1.165, 1.54) is 11.8 Å². The molecule has 1 amide bonds. The van der Waals surface area contributed by atoms with E-state index in [2.05, 4.69) is 20.8 Å². The van der Waals surface area contributed by atoms with Crippen LogP contribution in [0.5, 0.6) is 0 Å². The van der Waals surface area contributed by atoms with Crippen molar-refractivity contribution in [1.29, 1.82) is 5.26 Å². The molecule has 2 aromatic rings. The fraction of sp³-hybridized carbons (Fsp3) is 0.250. The first-order valence-corrected chi connectivity index (χ1v) is 7.11. The number of thioether (sulfide) groups is 1. The lowest BCUT2D eigenvalue weighted by Crippen LogP contribution is -2.16. The van der Waals surface area contributed by atoms with E-state index < -0.39 is 0 Å². The molecule has 0 saturated heterocycles. The van der Waals surface area contributed by atoms with E-state index >= 15 is 0 Å². The number of rotatable bonds is 6. The normalized spacial score (nSPS) is 10.1. The summed E-state index contributed by atoms with van der Waals surface area (Å²) in [6.45, 7) is 0.911. The fourth-order valence-electron chi connectivity index (χ4n) is 1.57. The molecule has 0 atom stereocenters. The van der Waals surface area contributed by atoms with Gasteiger partial charge in [-0.2, -0.15) is 5.26 Å². The van der Waals surface area contributed by atoms with Crippen molar-refractivity contribution in [3.05, 3.63) is 29.8 Å². The van der Waals surface area contributed by atoms with E-state index in [0.29, 0.717) is 29.5 Å². The highest BCUT2D eigenvalue weighted by molar-refractivity contribution is 7.99. The molecule has 0 aliphatic rings. The maximum atomic E-state index is 11.9. The van der Waals surface area contributed by atoms with Crippen LogP contribution >= 0.6 is 11.8 Å². The molecule has 0 fully saturated rings. The minimum atomic E-state index is -0.231. The number of hydrogen-bond donors (Lipinski definition) is 2. The summed E-state index contributed by atoms with van der Waals surface area (Å²) in [5.41, 5.74) is 6.36. The summed E-state index contributed by atoms with van der Waals surface area (Å²) in [6.07, 6.45) is 0. The zero-order valence-electron chi connectivity index (χ0n) is 11.1. The monoisotopic (exact) mass is 303 g/mol. The highest BCUT2D eigenvalue weighted by Crippen LogP contribution is 2.16. The number of nitrogens with one attached hydrogen (secondary N) is 1. The third-order valence-corrected chi connectivity index (χ3v) is 3.45. The quantitative estimate of drug-likeness (QED) is 0.732. The Kier molecular flexibility index (Phi) is 5.25. The second-order valence-corrected chi connectivity index (χ2v) is 4.91. The molecule has 21 heavy (non-hydrogen) atoms. The van der Waals surface area contributed by atoms with E-state index in [9.17, 15) is 4.79 Å². The number of nitrogens with zero attached hydrogens (tertiary/aromatic N) is 5. The Hall–Kier alpha value is -2.44. The molecule has 0 spiro atoms. The van der Waals surface area contributed by atoms with Crippen LogP contribution < -0.4 is 11.1 Å². The van der Waals surface area contributed by atoms with Crippen LogP contribution in [-0.2, 0) is 11.3 Å². The summed E-state index contributed by atoms with van der Waals surface area (Å²) in [4.78, 5) is 11.9. The van der Waals surface area contributed by atoms with Crippen molar-refractivity contribution in [3.63, 3.8) is 0 Å². The molecule has 0 unspecified atom stereocenters. The zero-order valence-corrected chi connectivity index (χ0v) is 11.9.